The van der Waals surface area contributed by atoms with Crippen LogP contribution in [0, 0.1) is 5.92 Å². The second-order valence-corrected chi connectivity index (χ2v) is 13.4. The number of hydrogen-bond donors (Lipinski definition) is 1. The molecule has 0 saturated carbocycles. The summed E-state index contributed by atoms with van der Waals surface area (Å²) in [4.78, 5) is 43.7. The summed E-state index contributed by atoms with van der Waals surface area (Å²) < 4.78 is 32.5. The van der Waals surface area contributed by atoms with E-state index in [2.05, 4.69) is 10.2 Å². The lowest BCUT2D eigenvalue weighted by atomic mass is 9.99. The van der Waals surface area contributed by atoms with Crippen molar-refractivity contribution in [3.63, 3.8) is 0 Å². The molecule has 0 spiro atoms. The fraction of sp³-hybridized carbons (Fsp3) is 0.519. The monoisotopic (exact) mass is 574 g/mol. The Balaban J connectivity index is 1.32. The van der Waals surface area contributed by atoms with Gasteiger partial charge in [0.25, 0.3) is 11.8 Å². The van der Waals surface area contributed by atoms with Crippen LogP contribution in [-0.4, -0.2) is 87.2 Å². The summed E-state index contributed by atoms with van der Waals surface area (Å²) in [5, 5.41) is 3.51. The highest BCUT2D eigenvalue weighted by Crippen LogP contribution is 2.38. The molecule has 10 nitrogen and oxygen atoms in total. The number of sulfonamides is 1. The van der Waals surface area contributed by atoms with E-state index in [4.69, 9.17) is 4.74 Å². The number of hydrogen-bond acceptors (Lipinski definition) is 8. The van der Waals surface area contributed by atoms with Gasteiger partial charge in [0.15, 0.2) is 0 Å². The van der Waals surface area contributed by atoms with Gasteiger partial charge in [0.1, 0.15) is 5.00 Å². The first kappa shape index (κ1) is 27.8. The van der Waals surface area contributed by atoms with Crippen molar-refractivity contribution in [1.82, 2.24) is 14.1 Å². The highest BCUT2D eigenvalue weighted by atomic mass is 32.2. The summed E-state index contributed by atoms with van der Waals surface area (Å²) in [5.74, 6) is -1.02. The van der Waals surface area contributed by atoms with E-state index in [1.165, 1.54) is 47.0 Å². The van der Waals surface area contributed by atoms with Crippen molar-refractivity contribution in [2.75, 3.05) is 52.2 Å². The predicted octanol–water partition coefficient (Wildman–Crippen LogP) is 2.80. The number of ether oxygens (including phenoxy) is 1. The maximum Gasteiger partial charge on any atom is 0.308 e. The van der Waals surface area contributed by atoms with Gasteiger partial charge in [0.2, 0.25) is 10.0 Å². The fourth-order valence-electron chi connectivity index (χ4n) is 5.53. The Bertz CT molecular complexity index is 1360. The molecule has 2 fully saturated rings. The molecule has 0 bridgehead atoms. The lowest BCUT2D eigenvalue weighted by Gasteiger charge is -2.29. The van der Waals surface area contributed by atoms with Gasteiger partial charge in [-0.25, -0.2) is 8.42 Å². The molecule has 0 unspecified atom stereocenters. The lowest BCUT2D eigenvalue weighted by Crippen LogP contribution is -2.40. The molecule has 3 aliphatic heterocycles. The Morgan fingerprint density at radius 3 is 2.31 bits per heavy atom. The van der Waals surface area contributed by atoms with E-state index in [9.17, 15) is 22.8 Å². The largest absolute Gasteiger partial charge is 0.469 e. The number of amides is 2. The zero-order valence-corrected chi connectivity index (χ0v) is 23.9. The van der Waals surface area contributed by atoms with E-state index in [1.807, 2.05) is 11.9 Å². The summed E-state index contributed by atoms with van der Waals surface area (Å²) >= 11 is 1.45. The average molecular weight is 575 g/mol. The van der Waals surface area contributed by atoms with E-state index in [-0.39, 0.29) is 41.7 Å². The highest BCUT2D eigenvalue weighted by molar-refractivity contribution is 7.89. The number of benzene rings is 1. The van der Waals surface area contributed by atoms with Crippen molar-refractivity contribution in [2.45, 2.75) is 43.5 Å². The van der Waals surface area contributed by atoms with Crippen LogP contribution in [0.1, 0.15) is 56.8 Å². The van der Waals surface area contributed by atoms with E-state index in [0.717, 1.165) is 55.9 Å². The van der Waals surface area contributed by atoms with Gasteiger partial charge in [-0.15, -0.1) is 11.3 Å². The number of likely N-dealkylation sites (tertiary alicyclic amines) is 1. The number of carbonyl (C=O) groups is 3. The standard InChI is InChI=1S/C27H34N4O6S2/c1-29-14-11-21-22(17-29)38-25(23(21)26(33)30-12-3-4-13-30)28-24(32)18-5-7-20(8-6-18)39(35,36)31-15-9-19(10-16-31)27(34)37-2/h5-8,19H,3-4,9-17H2,1-2H3,(H,28,32). The minimum Gasteiger partial charge on any atom is -0.469 e. The van der Waals surface area contributed by atoms with Crippen LogP contribution in [-0.2, 0) is 32.5 Å². The Hall–Kier alpha value is -2.80. The van der Waals surface area contributed by atoms with Crippen molar-refractivity contribution in [3.8, 4) is 0 Å². The number of esters is 1. The molecular formula is C27H34N4O6S2. The minimum absolute atomic E-state index is 0.0257. The molecule has 210 valence electrons. The molecule has 2 saturated heterocycles. The first-order valence-corrected chi connectivity index (χ1v) is 15.6. The number of likely N-dealkylation sites (N-methyl/N-ethyl adjacent to an activating group) is 1. The van der Waals surface area contributed by atoms with Gasteiger partial charge in [0.05, 0.1) is 23.5 Å². The van der Waals surface area contributed by atoms with Gasteiger partial charge in [-0.1, -0.05) is 0 Å². The number of carbonyl (C=O) groups excluding carboxylic acids is 3. The molecule has 3 aliphatic rings. The Labute approximate surface area is 233 Å². The number of thiophene rings is 1. The molecular weight excluding hydrogens is 540 g/mol. The first-order valence-electron chi connectivity index (χ1n) is 13.3. The van der Waals surface area contributed by atoms with E-state index >= 15 is 0 Å². The summed E-state index contributed by atoms with van der Waals surface area (Å²) in [6, 6.07) is 5.85. The van der Waals surface area contributed by atoms with Crippen LogP contribution in [0.5, 0.6) is 0 Å². The van der Waals surface area contributed by atoms with Gasteiger partial charge >= 0.3 is 5.97 Å². The number of piperidine rings is 1. The van der Waals surface area contributed by atoms with Crippen molar-refractivity contribution in [1.29, 1.82) is 0 Å². The quantitative estimate of drug-likeness (QED) is 0.528. The molecule has 1 aromatic heterocycles. The minimum atomic E-state index is -3.76. The third-order valence-corrected chi connectivity index (χ3v) is 10.9. The molecule has 0 aliphatic carbocycles. The normalized spacial score (nSPS) is 19.1. The van der Waals surface area contributed by atoms with Crippen LogP contribution >= 0.6 is 11.3 Å². The number of fused-ring (bicyclic) bond motifs is 1. The summed E-state index contributed by atoms with van der Waals surface area (Å²) in [5.41, 5.74) is 1.94. The Morgan fingerprint density at radius 2 is 1.67 bits per heavy atom. The second-order valence-electron chi connectivity index (χ2n) is 10.4. The average Bonchev–Trinajstić information content (AvgIpc) is 3.60. The SMILES string of the molecule is COC(=O)C1CCN(S(=O)(=O)c2ccc(C(=O)Nc3sc4c(c3C(=O)N3CCCC3)CCN(C)C4)cc2)CC1. The third-order valence-electron chi connectivity index (χ3n) is 7.82. The molecule has 4 heterocycles. The number of rotatable bonds is 6. The molecule has 0 atom stereocenters. The van der Waals surface area contributed by atoms with Crippen molar-refractivity contribution in [2.24, 2.45) is 5.92 Å². The molecule has 5 rings (SSSR count). The number of methoxy groups -OCH3 is 1. The van der Waals surface area contributed by atoms with Crippen LogP contribution in [0.25, 0.3) is 0 Å². The van der Waals surface area contributed by atoms with Gasteiger partial charge in [0, 0.05) is 49.7 Å². The van der Waals surface area contributed by atoms with Crippen LogP contribution in [0.15, 0.2) is 29.2 Å². The molecule has 2 aromatic rings. The maximum atomic E-state index is 13.5. The van der Waals surface area contributed by atoms with Crippen LogP contribution in [0.3, 0.4) is 0 Å². The van der Waals surface area contributed by atoms with Gasteiger partial charge in [-0.2, -0.15) is 4.31 Å². The summed E-state index contributed by atoms with van der Waals surface area (Å²) in [6.45, 7) is 3.51. The Morgan fingerprint density at radius 1 is 1.00 bits per heavy atom. The van der Waals surface area contributed by atoms with E-state index in [1.54, 1.807) is 0 Å². The predicted molar refractivity (Wildman–Crippen MR) is 147 cm³/mol. The Kier molecular flexibility index (Phi) is 8.08. The highest BCUT2D eigenvalue weighted by Gasteiger charge is 2.33. The second kappa shape index (κ2) is 11.4. The van der Waals surface area contributed by atoms with Gasteiger partial charge in [-0.3, -0.25) is 14.4 Å². The lowest BCUT2D eigenvalue weighted by molar-refractivity contribution is -0.146. The molecule has 12 heteroatoms. The molecule has 39 heavy (non-hydrogen) atoms. The number of nitrogens with one attached hydrogen (secondary N) is 1. The first-order chi connectivity index (χ1) is 18.7. The third kappa shape index (κ3) is 5.60. The van der Waals surface area contributed by atoms with Crippen LogP contribution in [0.2, 0.25) is 0 Å². The molecule has 2 amide bonds. The topological polar surface area (TPSA) is 116 Å². The van der Waals surface area contributed by atoms with Gasteiger partial charge < -0.3 is 19.9 Å². The van der Waals surface area contributed by atoms with Crippen LogP contribution < -0.4 is 5.32 Å². The number of anilines is 1. The van der Waals surface area contributed by atoms with Gasteiger partial charge in [-0.05, 0) is 69.0 Å². The summed E-state index contributed by atoms with van der Waals surface area (Å²) in [7, 11) is -0.382. The van der Waals surface area contributed by atoms with E-state index in [0.29, 0.717) is 29.0 Å². The number of nitrogens with zero attached hydrogens (tertiary/aromatic N) is 3. The fourth-order valence-corrected chi connectivity index (χ4v) is 8.31. The van der Waals surface area contributed by atoms with Crippen molar-refractivity contribution < 1.29 is 27.5 Å². The zero-order valence-electron chi connectivity index (χ0n) is 22.3. The molecule has 1 N–H and O–H groups in total. The van der Waals surface area contributed by atoms with E-state index < -0.39 is 10.0 Å². The van der Waals surface area contributed by atoms with Crippen molar-refractivity contribution in [3.05, 3.63) is 45.8 Å². The molecule has 0 radical (unpaired) electrons. The van der Waals surface area contributed by atoms with Crippen LogP contribution in [0.4, 0.5) is 5.00 Å². The zero-order chi connectivity index (χ0) is 27.7. The molecule has 1 aromatic carbocycles. The maximum absolute atomic E-state index is 13.5. The summed E-state index contributed by atoms with van der Waals surface area (Å²) in [6.07, 6.45) is 3.55. The smallest absolute Gasteiger partial charge is 0.308 e. The van der Waals surface area contributed by atoms with Crippen molar-refractivity contribution >= 4 is 44.1 Å².